The zero-order valence-corrected chi connectivity index (χ0v) is 13.8. The van der Waals surface area contributed by atoms with Crippen molar-refractivity contribution in [3.05, 3.63) is 35.9 Å². The summed E-state index contributed by atoms with van der Waals surface area (Å²) < 4.78 is 5.48. The van der Waals surface area contributed by atoms with Crippen molar-refractivity contribution in [2.45, 2.75) is 45.7 Å². The molecule has 0 bridgehead atoms. The first-order chi connectivity index (χ1) is 10.0. The molecule has 116 valence electrons. The molecule has 0 aliphatic carbocycles. The summed E-state index contributed by atoms with van der Waals surface area (Å²) in [6, 6.07) is 6.96. The lowest BCUT2D eigenvalue weighted by molar-refractivity contribution is -0.141. The third kappa shape index (κ3) is 5.86. The molecule has 0 saturated carbocycles. The minimum atomic E-state index is -0.848. The van der Waals surface area contributed by atoms with Crippen LogP contribution in [0.15, 0.2) is 30.3 Å². The SMILES string of the molecule is [B]C(=O)/C=C/c1ccccc1OC(=O)C(C)(C)NC(C)(C)C. The molecule has 0 amide bonds. The molecular weight excluding hydrogens is 277 g/mol. The Kier molecular flexibility index (Phi) is 5.72. The van der Waals surface area contributed by atoms with Crippen molar-refractivity contribution in [2.75, 3.05) is 0 Å². The second-order valence-electron chi connectivity index (χ2n) is 6.66. The fourth-order valence-electron chi connectivity index (χ4n) is 2.10. The summed E-state index contributed by atoms with van der Waals surface area (Å²) in [5.74, 6) is -0.0175. The molecule has 4 nitrogen and oxygen atoms in total. The minimum Gasteiger partial charge on any atom is -0.425 e. The van der Waals surface area contributed by atoms with E-state index in [1.807, 2.05) is 20.8 Å². The highest BCUT2D eigenvalue weighted by molar-refractivity contribution is 6.61. The van der Waals surface area contributed by atoms with Crippen LogP contribution in [0, 0.1) is 0 Å². The van der Waals surface area contributed by atoms with E-state index in [1.165, 1.54) is 12.2 Å². The maximum absolute atomic E-state index is 12.4. The van der Waals surface area contributed by atoms with Gasteiger partial charge in [-0.2, -0.15) is 0 Å². The number of para-hydroxylation sites is 1. The van der Waals surface area contributed by atoms with Crippen LogP contribution in [-0.4, -0.2) is 30.6 Å². The number of esters is 1. The first-order valence-corrected chi connectivity index (χ1v) is 7.09. The molecule has 1 N–H and O–H groups in total. The van der Waals surface area contributed by atoms with Gasteiger partial charge < -0.3 is 9.53 Å². The molecule has 0 fully saturated rings. The van der Waals surface area contributed by atoms with E-state index in [2.05, 4.69) is 5.32 Å². The molecule has 0 atom stereocenters. The average Bonchev–Trinajstić information content (AvgIpc) is 2.34. The fraction of sp³-hybridized carbons (Fsp3) is 0.412. The Hall–Kier alpha value is -1.88. The standard InChI is InChI=1S/C17H22BNO3/c1-16(2,3)19-17(4,5)15(21)22-13-9-7-6-8-12(13)10-11-14(18)20/h6-11,19H,1-5H3/b11-10+. The molecule has 0 heterocycles. The number of allylic oxidation sites excluding steroid dienone is 1. The predicted octanol–water partition coefficient (Wildman–Crippen LogP) is 2.47. The quantitative estimate of drug-likeness (QED) is 0.393. The average molecular weight is 299 g/mol. The second-order valence-corrected chi connectivity index (χ2v) is 6.66. The van der Waals surface area contributed by atoms with E-state index in [9.17, 15) is 9.59 Å². The van der Waals surface area contributed by atoms with E-state index in [4.69, 9.17) is 12.6 Å². The third-order valence-corrected chi connectivity index (χ3v) is 2.75. The smallest absolute Gasteiger partial charge is 0.331 e. The van der Waals surface area contributed by atoms with Crippen LogP contribution in [0.1, 0.15) is 40.2 Å². The zero-order chi connectivity index (χ0) is 17.0. The van der Waals surface area contributed by atoms with E-state index >= 15 is 0 Å². The lowest BCUT2D eigenvalue weighted by Gasteiger charge is -2.32. The van der Waals surface area contributed by atoms with Gasteiger partial charge in [0, 0.05) is 11.1 Å². The van der Waals surface area contributed by atoms with E-state index in [-0.39, 0.29) is 5.54 Å². The molecule has 1 aromatic rings. The molecule has 5 heteroatoms. The molecular formula is C17H22BNO3. The van der Waals surface area contributed by atoms with Gasteiger partial charge in [0.2, 0.25) is 0 Å². The van der Waals surface area contributed by atoms with Gasteiger partial charge in [0.05, 0.1) is 5.68 Å². The van der Waals surface area contributed by atoms with Gasteiger partial charge in [0.1, 0.15) is 11.3 Å². The number of hydrogen-bond donors (Lipinski definition) is 1. The normalized spacial score (nSPS) is 12.4. The molecule has 1 rings (SSSR count). The van der Waals surface area contributed by atoms with Gasteiger partial charge in [-0.25, -0.2) is 4.79 Å². The molecule has 0 spiro atoms. The van der Waals surface area contributed by atoms with Gasteiger partial charge in [-0.15, -0.1) is 0 Å². The fourth-order valence-corrected chi connectivity index (χ4v) is 2.10. The van der Waals surface area contributed by atoms with Gasteiger partial charge in [0.25, 0.3) is 0 Å². The maximum atomic E-state index is 12.4. The van der Waals surface area contributed by atoms with Crippen LogP contribution in [0.25, 0.3) is 6.08 Å². The topological polar surface area (TPSA) is 55.4 Å². The zero-order valence-electron chi connectivity index (χ0n) is 13.8. The van der Waals surface area contributed by atoms with Crippen molar-refractivity contribution < 1.29 is 14.3 Å². The van der Waals surface area contributed by atoms with Crippen LogP contribution in [0.2, 0.25) is 0 Å². The summed E-state index contributed by atoms with van der Waals surface area (Å²) in [6.07, 6.45) is 2.75. The largest absolute Gasteiger partial charge is 0.425 e. The molecule has 0 saturated heterocycles. The number of ether oxygens (including phenoxy) is 1. The van der Waals surface area contributed by atoms with E-state index in [1.54, 1.807) is 38.1 Å². The number of nitrogens with one attached hydrogen (secondary N) is 1. The summed E-state index contributed by atoms with van der Waals surface area (Å²) in [5.41, 5.74) is -1.02. The first-order valence-electron chi connectivity index (χ1n) is 7.09. The molecule has 2 radical (unpaired) electrons. The predicted molar refractivity (Wildman–Crippen MR) is 88.8 cm³/mol. The maximum Gasteiger partial charge on any atom is 0.331 e. The lowest BCUT2D eigenvalue weighted by Crippen LogP contribution is -2.56. The van der Waals surface area contributed by atoms with Crippen LogP contribution >= 0.6 is 0 Å². The molecule has 0 aliphatic heterocycles. The molecule has 1 aromatic carbocycles. The van der Waals surface area contributed by atoms with Crippen molar-refractivity contribution in [3.63, 3.8) is 0 Å². The number of rotatable bonds is 5. The van der Waals surface area contributed by atoms with Crippen LogP contribution < -0.4 is 10.1 Å². The van der Waals surface area contributed by atoms with Crippen molar-refractivity contribution in [3.8, 4) is 5.75 Å². The minimum absolute atomic E-state index is 0.228. The summed E-state index contributed by atoms with van der Waals surface area (Å²) in [5, 5.41) is 3.22. The monoisotopic (exact) mass is 299 g/mol. The van der Waals surface area contributed by atoms with Crippen LogP contribution in [0.4, 0.5) is 0 Å². The van der Waals surface area contributed by atoms with Crippen molar-refractivity contribution in [2.24, 2.45) is 0 Å². The van der Waals surface area contributed by atoms with Crippen molar-refractivity contribution in [1.82, 2.24) is 5.32 Å². The first kappa shape index (κ1) is 18.2. The second kappa shape index (κ2) is 6.92. The van der Waals surface area contributed by atoms with E-state index < -0.39 is 17.2 Å². The number of carbonyl (C=O) groups is 2. The summed E-state index contributed by atoms with van der Waals surface area (Å²) >= 11 is 0. The van der Waals surface area contributed by atoms with Crippen molar-refractivity contribution in [1.29, 1.82) is 0 Å². The Morgan fingerprint density at radius 1 is 1.14 bits per heavy atom. The molecule has 0 aromatic heterocycles. The Balaban J connectivity index is 2.95. The lowest BCUT2D eigenvalue weighted by atomic mass is 9.99. The summed E-state index contributed by atoms with van der Waals surface area (Å²) in [7, 11) is 5.09. The van der Waals surface area contributed by atoms with Gasteiger partial charge in [0.15, 0.2) is 7.85 Å². The number of benzene rings is 1. The van der Waals surface area contributed by atoms with Gasteiger partial charge in [-0.1, -0.05) is 18.2 Å². The highest BCUT2D eigenvalue weighted by atomic mass is 16.5. The van der Waals surface area contributed by atoms with Gasteiger partial charge >= 0.3 is 5.97 Å². The Morgan fingerprint density at radius 2 is 1.73 bits per heavy atom. The molecule has 0 unspecified atom stereocenters. The van der Waals surface area contributed by atoms with Crippen molar-refractivity contribution >= 4 is 25.6 Å². The number of hydrogen-bond acceptors (Lipinski definition) is 4. The van der Waals surface area contributed by atoms with Gasteiger partial charge in [-0.05, 0) is 52.8 Å². The number of carbonyl (C=O) groups excluding carboxylic acids is 2. The Morgan fingerprint density at radius 3 is 2.27 bits per heavy atom. The third-order valence-electron chi connectivity index (χ3n) is 2.75. The van der Waals surface area contributed by atoms with Gasteiger partial charge in [-0.3, -0.25) is 5.32 Å². The van der Waals surface area contributed by atoms with Crippen LogP contribution in [-0.2, 0) is 9.59 Å². The van der Waals surface area contributed by atoms with E-state index in [0.29, 0.717) is 11.3 Å². The summed E-state index contributed by atoms with van der Waals surface area (Å²) in [6.45, 7) is 9.47. The van der Waals surface area contributed by atoms with E-state index in [0.717, 1.165) is 0 Å². The highest BCUT2D eigenvalue weighted by Gasteiger charge is 2.33. The Bertz CT molecular complexity index is 586. The molecule has 0 aliphatic rings. The molecule has 22 heavy (non-hydrogen) atoms. The highest BCUT2D eigenvalue weighted by Crippen LogP contribution is 2.22. The van der Waals surface area contributed by atoms with Crippen LogP contribution in [0.3, 0.4) is 0 Å². The summed E-state index contributed by atoms with van der Waals surface area (Å²) in [4.78, 5) is 23.2. The van der Waals surface area contributed by atoms with Crippen LogP contribution in [0.5, 0.6) is 5.75 Å². The Labute approximate surface area is 133 Å².